The summed E-state index contributed by atoms with van der Waals surface area (Å²) in [5, 5.41) is 2.65. The number of rotatable bonds is 3. The number of aryl methyl sites for hydroxylation is 1. The number of nitrogens with zero attached hydrogens (tertiary/aromatic N) is 2. The summed E-state index contributed by atoms with van der Waals surface area (Å²) in [5.41, 5.74) is 19.3. The largest absolute Gasteiger partial charge is 0.376 e. The van der Waals surface area contributed by atoms with E-state index in [1.807, 2.05) is 11.3 Å². The molecule has 2 aliphatic heterocycles. The Morgan fingerprint density at radius 2 is 1.07 bits per heavy atom. The van der Waals surface area contributed by atoms with Crippen LogP contribution < -0.4 is 20.6 Å². The van der Waals surface area contributed by atoms with Gasteiger partial charge in [-0.25, -0.2) is 0 Å². The normalized spacial score (nSPS) is 13.8. The average Bonchev–Trinajstić information content (AvgIpc) is 3.56. The molecule has 59 heavy (non-hydrogen) atoms. The van der Waals surface area contributed by atoms with E-state index in [2.05, 4.69) is 218 Å². The lowest BCUT2D eigenvalue weighted by Gasteiger charge is -2.46. The van der Waals surface area contributed by atoms with Crippen molar-refractivity contribution in [2.45, 2.75) is 85.5 Å². The van der Waals surface area contributed by atoms with E-state index in [0.717, 1.165) is 0 Å². The van der Waals surface area contributed by atoms with Gasteiger partial charge in [0.25, 0.3) is 0 Å². The van der Waals surface area contributed by atoms with Crippen LogP contribution in [0.25, 0.3) is 42.4 Å². The van der Waals surface area contributed by atoms with Gasteiger partial charge in [0.2, 0.25) is 0 Å². The second-order valence-corrected chi connectivity index (χ2v) is 21.1. The third-order valence-corrected chi connectivity index (χ3v) is 13.9. The molecule has 0 fully saturated rings. The van der Waals surface area contributed by atoms with Crippen LogP contribution in [0.3, 0.4) is 0 Å². The van der Waals surface area contributed by atoms with Crippen LogP contribution in [0.1, 0.15) is 84.6 Å². The molecule has 3 heterocycles. The Bertz CT molecular complexity index is 2950. The molecule has 292 valence electrons. The molecule has 0 atom stereocenters. The van der Waals surface area contributed by atoms with Crippen molar-refractivity contribution in [3.05, 3.63) is 162 Å². The van der Waals surface area contributed by atoms with Gasteiger partial charge in [0.15, 0.2) is 0 Å². The first kappa shape index (κ1) is 37.7. The maximum Gasteiger partial charge on any atom is 0.333 e. The average molecular weight is 785 g/mol. The minimum absolute atomic E-state index is 0.00140. The molecule has 0 spiro atoms. The summed E-state index contributed by atoms with van der Waals surface area (Å²) in [7, 11) is 0. The Morgan fingerprint density at radius 3 is 1.75 bits per heavy atom. The van der Waals surface area contributed by atoms with E-state index in [1.54, 1.807) is 0 Å². The molecule has 0 amide bonds. The van der Waals surface area contributed by atoms with E-state index in [-0.39, 0.29) is 23.1 Å². The molecule has 1 aromatic heterocycles. The van der Waals surface area contributed by atoms with Gasteiger partial charge in [0.1, 0.15) is 0 Å². The van der Waals surface area contributed by atoms with Crippen molar-refractivity contribution < 1.29 is 0 Å². The molecule has 2 nitrogen and oxygen atoms in total. The highest BCUT2D eigenvalue weighted by Gasteiger charge is 2.46. The van der Waals surface area contributed by atoms with Crippen molar-refractivity contribution in [1.29, 1.82) is 0 Å². The van der Waals surface area contributed by atoms with Gasteiger partial charge in [-0.2, -0.15) is 0 Å². The van der Waals surface area contributed by atoms with Crippen molar-refractivity contribution in [1.82, 2.24) is 0 Å². The van der Waals surface area contributed by atoms with Crippen LogP contribution >= 0.6 is 11.3 Å². The SMILES string of the molecule is Cc1cc2c3c(c1)N(c1ccc(C(C)(C)C)cc1-c1ccccc1)c1cc4sc5ccccc5c4cc1B3N(c1ccc(C(C)(C)C)cc1)c1ccc(C(C)(C)C)cc1-2. The highest BCUT2D eigenvalue weighted by atomic mass is 32.1. The number of benzene rings is 7. The second kappa shape index (κ2) is 13.2. The van der Waals surface area contributed by atoms with Crippen LogP contribution in [0, 0.1) is 6.92 Å². The fourth-order valence-electron chi connectivity index (χ4n) is 9.50. The van der Waals surface area contributed by atoms with Crippen molar-refractivity contribution in [3.8, 4) is 22.3 Å². The Kier molecular flexibility index (Phi) is 8.44. The third kappa shape index (κ3) is 6.13. The Morgan fingerprint density at radius 1 is 0.458 bits per heavy atom. The third-order valence-electron chi connectivity index (χ3n) is 12.7. The van der Waals surface area contributed by atoms with Crippen LogP contribution in [0.4, 0.5) is 28.4 Å². The molecule has 0 radical (unpaired) electrons. The van der Waals surface area contributed by atoms with Gasteiger partial charge in [-0.05, 0) is 122 Å². The van der Waals surface area contributed by atoms with Crippen molar-refractivity contribution in [3.63, 3.8) is 0 Å². The predicted molar refractivity (Wildman–Crippen MR) is 259 cm³/mol. The number of anilines is 5. The molecule has 0 bridgehead atoms. The summed E-state index contributed by atoms with van der Waals surface area (Å²) in [6.45, 7) is 23.1. The molecule has 0 saturated carbocycles. The summed E-state index contributed by atoms with van der Waals surface area (Å²) in [6, 6.07) is 53.8. The topological polar surface area (TPSA) is 6.48 Å². The van der Waals surface area contributed by atoms with Gasteiger partial charge in [0.05, 0.1) is 5.69 Å². The van der Waals surface area contributed by atoms with E-state index < -0.39 is 0 Å². The zero-order valence-corrected chi connectivity index (χ0v) is 37.0. The van der Waals surface area contributed by atoms with Gasteiger partial charge < -0.3 is 9.71 Å². The van der Waals surface area contributed by atoms with Crippen LogP contribution in [0.2, 0.25) is 0 Å². The number of thiophene rings is 1. The molecule has 7 aromatic carbocycles. The van der Waals surface area contributed by atoms with E-state index in [9.17, 15) is 0 Å². The smallest absolute Gasteiger partial charge is 0.333 e. The highest BCUT2D eigenvalue weighted by Crippen LogP contribution is 2.51. The van der Waals surface area contributed by atoms with Gasteiger partial charge in [-0.1, -0.05) is 147 Å². The summed E-state index contributed by atoms with van der Waals surface area (Å²) in [4.78, 5) is 5.28. The van der Waals surface area contributed by atoms with Crippen molar-refractivity contribution >= 4 is 77.7 Å². The summed E-state index contributed by atoms with van der Waals surface area (Å²) in [6.07, 6.45) is 0. The minimum Gasteiger partial charge on any atom is -0.376 e. The predicted octanol–water partition coefficient (Wildman–Crippen LogP) is 14.6. The fraction of sp³-hybridized carbons (Fsp3) is 0.236. The second-order valence-electron chi connectivity index (χ2n) is 20.0. The lowest BCUT2D eigenvalue weighted by molar-refractivity contribution is 0.590. The van der Waals surface area contributed by atoms with E-state index in [4.69, 9.17) is 0 Å². The molecule has 4 heteroatoms. The van der Waals surface area contributed by atoms with E-state index in [1.165, 1.54) is 104 Å². The van der Waals surface area contributed by atoms with Gasteiger partial charge >= 0.3 is 6.85 Å². The van der Waals surface area contributed by atoms with Crippen LogP contribution in [-0.4, -0.2) is 6.85 Å². The standard InChI is InChI=1S/C55H53BN2S/c1-34-28-44-42-31-38(55(8,9)10)23-27-47(42)58(39-24-20-36(21-25-39)53(2,3)4)56-45-32-43-40-18-14-15-19-50(40)59-51(43)33-48(45)57(49(29-34)52(44)56)46-26-22-37(54(5,6)7)30-41(46)35-16-12-11-13-17-35/h11-33H,1-10H3. The zero-order valence-electron chi connectivity index (χ0n) is 36.2. The quantitative estimate of drug-likeness (QED) is 0.165. The number of hydrogen-bond donors (Lipinski definition) is 0. The van der Waals surface area contributed by atoms with Crippen LogP contribution in [-0.2, 0) is 16.2 Å². The molecule has 8 aromatic rings. The summed E-state index contributed by atoms with van der Waals surface area (Å²) in [5.74, 6) is 0. The summed E-state index contributed by atoms with van der Waals surface area (Å²) < 4.78 is 2.63. The van der Waals surface area contributed by atoms with Gasteiger partial charge in [0, 0.05) is 54.0 Å². The zero-order chi connectivity index (χ0) is 41.2. The summed E-state index contributed by atoms with van der Waals surface area (Å²) >= 11 is 1.90. The van der Waals surface area contributed by atoms with Crippen molar-refractivity contribution in [2.24, 2.45) is 0 Å². The molecule has 0 unspecified atom stereocenters. The maximum atomic E-state index is 2.66. The molecular weight excluding hydrogens is 731 g/mol. The molecule has 2 aliphatic rings. The Hall–Kier alpha value is -5.58. The van der Waals surface area contributed by atoms with Crippen LogP contribution in [0.5, 0.6) is 0 Å². The first-order valence-corrected chi connectivity index (χ1v) is 22.0. The Balaban J connectivity index is 1.34. The lowest BCUT2D eigenvalue weighted by Crippen LogP contribution is -2.61. The molecule has 0 aliphatic carbocycles. The monoisotopic (exact) mass is 784 g/mol. The number of fused-ring (bicyclic) bond motifs is 7. The van der Waals surface area contributed by atoms with E-state index in [0.29, 0.717) is 0 Å². The van der Waals surface area contributed by atoms with Gasteiger partial charge in [-0.15, -0.1) is 11.3 Å². The molecule has 0 N–H and O–H groups in total. The van der Waals surface area contributed by atoms with E-state index >= 15 is 0 Å². The minimum atomic E-state index is -0.0580. The van der Waals surface area contributed by atoms with Gasteiger partial charge in [-0.3, -0.25) is 0 Å². The highest BCUT2D eigenvalue weighted by molar-refractivity contribution is 7.26. The fourth-order valence-corrected chi connectivity index (χ4v) is 10.6. The lowest BCUT2D eigenvalue weighted by atomic mass is 9.43. The first-order chi connectivity index (χ1) is 28.1. The molecule has 0 saturated heterocycles. The van der Waals surface area contributed by atoms with Crippen molar-refractivity contribution in [2.75, 3.05) is 9.71 Å². The number of hydrogen-bond acceptors (Lipinski definition) is 3. The Labute approximate surface area is 355 Å². The van der Waals surface area contributed by atoms with Crippen LogP contribution in [0.15, 0.2) is 140 Å². The maximum absolute atomic E-state index is 2.66. The first-order valence-electron chi connectivity index (χ1n) is 21.2. The molecular formula is C55H53BN2S. The molecule has 10 rings (SSSR count).